The van der Waals surface area contributed by atoms with Crippen molar-refractivity contribution in [3.63, 3.8) is 0 Å². The van der Waals surface area contributed by atoms with Gasteiger partial charge in [0, 0.05) is 0 Å². The fraction of sp³-hybridized carbons (Fsp3) is 0.0323. The van der Waals surface area contributed by atoms with Crippen molar-refractivity contribution in [1.29, 1.82) is 0 Å². The normalized spacial score (nSPS) is 11.3. The highest BCUT2D eigenvalue weighted by Crippen LogP contribution is 2.26. The molecule has 5 rings (SSSR count). The maximum atomic E-state index is 2.27. The van der Waals surface area contributed by atoms with Gasteiger partial charge in [-0.25, -0.2) is 0 Å². The van der Waals surface area contributed by atoms with Gasteiger partial charge in [-0.1, -0.05) is 121 Å². The lowest BCUT2D eigenvalue weighted by molar-refractivity contribution is 1.47. The second-order valence-electron chi connectivity index (χ2n) is 8.01. The smallest absolute Gasteiger partial charge is 0.0177 e. The van der Waals surface area contributed by atoms with E-state index in [0.29, 0.717) is 0 Å². The molecule has 0 unspecified atom stereocenters. The van der Waals surface area contributed by atoms with Crippen molar-refractivity contribution in [3.8, 4) is 22.3 Å². The lowest BCUT2D eigenvalue weighted by Crippen LogP contribution is -1.81. The van der Waals surface area contributed by atoms with Crippen molar-refractivity contribution >= 4 is 22.9 Å². The van der Waals surface area contributed by atoms with Crippen LogP contribution in [-0.4, -0.2) is 0 Å². The summed E-state index contributed by atoms with van der Waals surface area (Å²) in [5, 5.41) is 2.53. The third kappa shape index (κ3) is 4.34. The average molecular weight is 397 g/mol. The summed E-state index contributed by atoms with van der Waals surface area (Å²) in [7, 11) is 0. The Morgan fingerprint density at radius 2 is 0.935 bits per heavy atom. The van der Waals surface area contributed by atoms with Gasteiger partial charge in [0.05, 0.1) is 0 Å². The fourth-order valence-corrected chi connectivity index (χ4v) is 3.90. The van der Waals surface area contributed by atoms with Gasteiger partial charge in [0.2, 0.25) is 0 Å². The first-order chi connectivity index (χ1) is 15.2. The molecule has 0 heteroatoms. The minimum Gasteiger partial charge on any atom is -0.0622 e. The SMILES string of the molecule is Cc1ccc(-c2ccc(/C=C/c3ccc4cc(-c5ccccc5)ccc4c3)cc2)cc1. The van der Waals surface area contributed by atoms with Crippen LogP contribution >= 0.6 is 0 Å². The summed E-state index contributed by atoms with van der Waals surface area (Å²) in [5.41, 5.74) is 8.71. The van der Waals surface area contributed by atoms with E-state index in [0.717, 1.165) is 0 Å². The molecule has 0 amide bonds. The van der Waals surface area contributed by atoms with Crippen LogP contribution in [-0.2, 0) is 0 Å². The Hall–Kier alpha value is -3.90. The molecule has 0 radical (unpaired) electrons. The van der Waals surface area contributed by atoms with Crippen LogP contribution in [0, 0.1) is 6.92 Å². The maximum absolute atomic E-state index is 2.27. The molecule has 0 spiro atoms. The monoisotopic (exact) mass is 396 g/mol. The molecule has 148 valence electrons. The number of rotatable bonds is 4. The highest BCUT2D eigenvalue weighted by atomic mass is 14.1. The molecule has 0 aliphatic heterocycles. The molecular weight excluding hydrogens is 372 g/mol. The zero-order valence-corrected chi connectivity index (χ0v) is 17.6. The summed E-state index contributed by atoms with van der Waals surface area (Å²) < 4.78 is 0. The molecule has 0 aliphatic rings. The Balaban J connectivity index is 1.35. The molecule has 0 N–H and O–H groups in total. The molecule has 0 aromatic heterocycles. The van der Waals surface area contributed by atoms with Gasteiger partial charge >= 0.3 is 0 Å². The van der Waals surface area contributed by atoms with E-state index in [1.165, 1.54) is 49.7 Å². The zero-order valence-electron chi connectivity index (χ0n) is 17.6. The quantitative estimate of drug-likeness (QED) is 0.267. The largest absolute Gasteiger partial charge is 0.0622 e. The third-order valence-electron chi connectivity index (χ3n) is 5.74. The van der Waals surface area contributed by atoms with E-state index in [-0.39, 0.29) is 0 Å². The minimum atomic E-state index is 1.20. The molecule has 0 aliphatic carbocycles. The maximum Gasteiger partial charge on any atom is -0.0177 e. The van der Waals surface area contributed by atoms with Crippen LogP contribution in [0.2, 0.25) is 0 Å². The van der Waals surface area contributed by atoms with Crippen LogP contribution in [0.4, 0.5) is 0 Å². The van der Waals surface area contributed by atoms with Gasteiger partial charge < -0.3 is 0 Å². The first-order valence-electron chi connectivity index (χ1n) is 10.7. The van der Waals surface area contributed by atoms with Crippen LogP contribution in [0.3, 0.4) is 0 Å². The van der Waals surface area contributed by atoms with Crippen molar-refractivity contribution in [1.82, 2.24) is 0 Å². The Bertz CT molecular complexity index is 1340. The number of hydrogen-bond donors (Lipinski definition) is 0. The molecule has 0 bridgehead atoms. The van der Waals surface area contributed by atoms with Crippen LogP contribution in [0.1, 0.15) is 16.7 Å². The predicted molar refractivity (Wildman–Crippen MR) is 135 cm³/mol. The first-order valence-corrected chi connectivity index (χ1v) is 10.7. The molecule has 0 fully saturated rings. The van der Waals surface area contributed by atoms with Gasteiger partial charge in [-0.3, -0.25) is 0 Å². The first kappa shape index (κ1) is 19.1. The van der Waals surface area contributed by atoms with E-state index in [1.807, 2.05) is 0 Å². The molecule has 0 nitrogen and oxygen atoms in total. The minimum absolute atomic E-state index is 1.20. The Morgan fingerprint density at radius 3 is 1.68 bits per heavy atom. The highest BCUT2D eigenvalue weighted by Gasteiger charge is 2.01. The van der Waals surface area contributed by atoms with Gasteiger partial charge in [0.15, 0.2) is 0 Å². The molecule has 0 saturated carbocycles. The summed E-state index contributed by atoms with van der Waals surface area (Å²) in [6.07, 6.45) is 4.36. The van der Waals surface area contributed by atoms with Crippen LogP contribution < -0.4 is 0 Å². The topological polar surface area (TPSA) is 0 Å². The average Bonchev–Trinajstić information content (AvgIpc) is 2.84. The summed E-state index contributed by atoms with van der Waals surface area (Å²) in [6, 6.07) is 41.3. The molecule has 5 aromatic rings. The summed E-state index contributed by atoms with van der Waals surface area (Å²) in [4.78, 5) is 0. The van der Waals surface area contributed by atoms with Gasteiger partial charge in [0.1, 0.15) is 0 Å². The molecular formula is C31H24. The van der Waals surface area contributed by atoms with Crippen LogP contribution in [0.25, 0.3) is 45.2 Å². The number of benzene rings is 5. The number of fused-ring (bicyclic) bond motifs is 1. The summed E-state index contributed by atoms with van der Waals surface area (Å²) >= 11 is 0. The highest BCUT2D eigenvalue weighted by molar-refractivity contribution is 5.89. The van der Waals surface area contributed by atoms with E-state index in [1.54, 1.807) is 0 Å². The van der Waals surface area contributed by atoms with Crippen molar-refractivity contribution < 1.29 is 0 Å². The Labute approximate surface area is 184 Å². The predicted octanol–water partition coefficient (Wildman–Crippen LogP) is 8.65. The van der Waals surface area contributed by atoms with Crippen molar-refractivity contribution in [2.45, 2.75) is 6.92 Å². The van der Waals surface area contributed by atoms with E-state index >= 15 is 0 Å². The lowest BCUT2D eigenvalue weighted by atomic mass is 9.99. The fourth-order valence-electron chi connectivity index (χ4n) is 3.90. The van der Waals surface area contributed by atoms with E-state index in [2.05, 4.69) is 134 Å². The standard InChI is InChI=1S/C31H24/c1-23-7-14-27(15-8-23)28-16-11-24(12-17-28)9-10-25-13-18-31-22-30(20-19-29(31)21-25)26-5-3-2-4-6-26/h2-22H,1H3/b10-9+. The molecule has 5 aromatic carbocycles. The second kappa shape index (κ2) is 8.45. The van der Waals surface area contributed by atoms with E-state index in [4.69, 9.17) is 0 Å². The van der Waals surface area contributed by atoms with Gasteiger partial charge in [0.25, 0.3) is 0 Å². The Morgan fingerprint density at radius 1 is 0.419 bits per heavy atom. The van der Waals surface area contributed by atoms with Crippen LogP contribution in [0.5, 0.6) is 0 Å². The molecule has 31 heavy (non-hydrogen) atoms. The van der Waals surface area contributed by atoms with Gasteiger partial charge in [-0.2, -0.15) is 0 Å². The third-order valence-corrected chi connectivity index (χ3v) is 5.74. The van der Waals surface area contributed by atoms with E-state index < -0.39 is 0 Å². The zero-order chi connectivity index (χ0) is 21.0. The van der Waals surface area contributed by atoms with Gasteiger partial charge in [-0.15, -0.1) is 0 Å². The Kier molecular flexibility index (Phi) is 5.21. The summed E-state index contributed by atoms with van der Waals surface area (Å²) in [6.45, 7) is 2.12. The number of hydrogen-bond acceptors (Lipinski definition) is 0. The second-order valence-corrected chi connectivity index (χ2v) is 8.01. The van der Waals surface area contributed by atoms with Crippen molar-refractivity contribution in [2.75, 3.05) is 0 Å². The van der Waals surface area contributed by atoms with E-state index in [9.17, 15) is 0 Å². The van der Waals surface area contributed by atoms with Crippen molar-refractivity contribution in [2.24, 2.45) is 0 Å². The van der Waals surface area contributed by atoms with Gasteiger partial charge in [-0.05, 0) is 63.2 Å². The molecule has 0 heterocycles. The lowest BCUT2D eigenvalue weighted by Gasteiger charge is -2.05. The molecule has 0 saturated heterocycles. The molecule has 0 atom stereocenters. The summed E-state index contributed by atoms with van der Waals surface area (Å²) in [5.74, 6) is 0. The number of aryl methyl sites for hydroxylation is 1. The van der Waals surface area contributed by atoms with Crippen molar-refractivity contribution in [3.05, 3.63) is 132 Å². The van der Waals surface area contributed by atoms with Crippen LogP contribution in [0.15, 0.2) is 115 Å².